The number of rotatable bonds is 3. The highest BCUT2D eigenvalue weighted by Gasteiger charge is 2.37. The molecule has 1 aliphatic carbocycles. The van der Waals surface area contributed by atoms with Gasteiger partial charge in [-0.15, -0.1) is 0 Å². The second-order valence-corrected chi connectivity index (χ2v) is 4.71. The smallest absolute Gasteiger partial charge is 0.0761 e. The fourth-order valence-electron chi connectivity index (χ4n) is 2.78. The monoisotopic (exact) mass is 205 g/mol. The van der Waals surface area contributed by atoms with Gasteiger partial charge in [-0.05, 0) is 25.3 Å². The fraction of sp³-hybridized carbons (Fsp3) is 0.667. The molecule has 1 N–H and O–H groups in total. The van der Waals surface area contributed by atoms with E-state index in [0.29, 0.717) is 11.5 Å². The predicted octanol–water partition coefficient (Wildman–Crippen LogP) is 2.32. The molecule has 1 heterocycles. The summed E-state index contributed by atoms with van der Waals surface area (Å²) in [6.07, 6.45) is 10.6. The van der Waals surface area contributed by atoms with Gasteiger partial charge in [0.25, 0.3) is 0 Å². The molecule has 3 heteroatoms. The van der Waals surface area contributed by atoms with Crippen LogP contribution in [0.15, 0.2) is 18.6 Å². The molecular weight excluding hydrogens is 186 g/mol. The van der Waals surface area contributed by atoms with Crippen LogP contribution in [0, 0.1) is 5.41 Å². The van der Waals surface area contributed by atoms with Gasteiger partial charge < -0.3 is 5.32 Å². The Bertz CT molecular complexity index is 304. The minimum Gasteiger partial charge on any atom is -0.311 e. The molecule has 0 bridgehead atoms. The highest BCUT2D eigenvalue weighted by molar-refractivity contribution is 5.08. The van der Waals surface area contributed by atoms with Crippen LogP contribution in [0.1, 0.15) is 44.3 Å². The molecule has 1 aromatic heterocycles. The molecule has 15 heavy (non-hydrogen) atoms. The van der Waals surface area contributed by atoms with Gasteiger partial charge in [-0.2, -0.15) is 0 Å². The second-order valence-electron chi connectivity index (χ2n) is 4.71. The predicted molar refractivity (Wildman–Crippen MR) is 60.4 cm³/mol. The van der Waals surface area contributed by atoms with Crippen molar-refractivity contribution < 1.29 is 0 Å². The Morgan fingerprint density at radius 1 is 1.33 bits per heavy atom. The molecule has 1 aromatic rings. The van der Waals surface area contributed by atoms with Crippen LogP contribution in [0.25, 0.3) is 0 Å². The molecule has 0 radical (unpaired) electrons. The summed E-state index contributed by atoms with van der Waals surface area (Å²) in [4.78, 5) is 8.57. The Morgan fingerprint density at radius 3 is 2.60 bits per heavy atom. The maximum atomic E-state index is 4.41. The van der Waals surface area contributed by atoms with Crippen LogP contribution in [-0.2, 0) is 0 Å². The number of hydrogen-bond donors (Lipinski definition) is 1. The summed E-state index contributed by atoms with van der Waals surface area (Å²) in [5.41, 5.74) is 1.43. The molecule has 2 rings (SSSR count). The Labute approximate surface area is 91.3 Å². The van der Waals surface area contributed by atoms with Crippen molar-refractivity contribution in [1.29, 1.82) is 0 Å². The van der Waals surface area contributed by atoms with Crippen molar-refractivity contribution in [1.82, 2.24) is 15.3 Å². The van der Waals surface area contributed by atoms with Crippen molar-refractivity contribution in [3.63, 3.8) is 0 Å². The lowest BCUT2D eigenvalue weighted by Crippen LogP contribution is -2.32. The van der Waals surface area contributed by atoms with Crippen LogP contribution < -0.4 is 5.32 Å². The van der Waals surface area contributed by atoms with Crippen molar-refractivity contribution in [2.24, 2.45) is 5.41 Å². The van der Waals surface area contributed by atoms with Crippen LogP contribution in [0.2, 0.25) is 0 Å². The maximum Gasteiger partial charge on any atom is 0.0761 e. The number of hydrogen-bond acceptors (Lipinski definition) is 3. The van der Waals surface area contributed by atoms with Crippen LogP contribution in [0.3, 0.4) is 0 Å². The second kappa shape index (κ2) is 4.27. The van der Waals surface area contributed by atoms with Gasteiger partial charge in [0.2, 0.25) is 0 Å². The highest BCUT2D eigenvalue weighted by Crippen LogP contribution is 2.46. The molecular formula is C12H19N3. The van der Waals surface area contributed by atoms with E-state index in [1.165, 1.54) is 25.7 Å². The van der Waals surface area contributed by atoms with E-state index in [1.54, 1.807) is 12.4 Å². The molecule has 0 aromatic carbocycles. The van der Waals surface area contributed by atoms with Crippen LogP contribution in [0.5, 0.6) is 0 Å². The molecule has 3 nitrogen and oxygen atoms in total. The zero-order valence-electron chi connectivity index (χ0n) is 9.53. The maximum absolute atomic E-state index is 4.41. The van der Waals surface area contributed by atoms with Crippen molar-refractivity contribution in [3.8, 4) is 0 Å². The molecule has 0 saturated heterocycles. The number of nitrogens with zero attached hydrogens (tertiary/aromatic N) is 2. The first kappa shape index (κ1) is 10.6. The zero-order valence-corrected chi connectivity index (χ0v) is 9.53. The van der Waals surface area contributed by atoms with Gasteiger partial charge in [0.1, 0.15) is 0 Å². The molecule has 1 saturated carbocycles. The van der Waals surface area contributed by atoms with Gasteiger partial charge in [0.15, 0.2) is 0 Å². The van der Waals surface area contributed by atoms with Gasteiger partial charge in [-0.3, -0.25) is 9.97 Å². The number of nitrogens with one attached hydrogen (secondary N) is 1. The van der Waals surface area contributed by atoms with Crippen LogP contribution in [-0.4, -0.2) is 17.0 Å². The van der Waals surface area contributed by atoms with Crippen molar-refractivity contribution >= 4 is 0 Å². The summed E-state index contributed by atoms with van der Waals surface area (Å²) >= 11 is 0. The van der Waals surface area contributed by atoms with E-state index >= 15 is 0 Å². The Hall–Kier alpha value is -0.960. The van der Waals surface area contributed by atoms with E-state index in [1.807, 2.05) is 13.2 Å². The summed E-state index contributed by atoms with van der Waals surface area (Å²) in [5, 5.41) is 3.40. The number of aromatic nitrogens is 2. The minimum atomic E-state index is 0.341. The molecule has 1 aliphatic rings. The van der Waals surface area contributed by atoms with E-state index in [4.69, 9.17) is 0 Å². The molecule has 82 valence electrons. The molecule has 1 fully saturated rings. The first-order chi connectivity index (χ1) is 7.26. The summed E-state index contributed by atoms with van der Waals surface area (Å²) < 4.78 is 0. The van der Waals surface area contributed by atoms with Crippen molar-refractivity contribution in [2.75, 3.05) is 7.05 Å². The first-order valence-electron chi connectivity index (χ1n) is 5.69. The lowest BCUT2D eigenvalue weighted by Gasteiger charge is -2.33. The summed E-state index contributed by atoms with van der Waals surface area (Å²) in [6.45, 7) is 2.36. The average Bonchev–Trinajstić information content (AvgIpc) is 2.68. The lowest BCUT2D eigenvalue weighted by molar-refractivity contribution is 0.229. The van der Waals surface area contributed by atoms with Crippen molar-refractivity contribution in [3.05, 3.63) is 24.3 Å². The molecule has 0 spiro atoms. The Morgan fingerprint density at radius 2 is 2.07 bits per heavy atom. The average molecular weight is 205 g/mol. The van der Waals surface area contributed by atoms with Gasteiger partial charge in [0, 0.05) is 18.6 Å². The third kappa shape index (κ3) is 2.02. The van der Waals surface area contributed by atoms with E-state index in [2.05, 4.69) is 22.2 Å². The van der Waals surface area contributed by atoms with Gasteiger partial charge in [-0.25, -0.2) is 0 Å². The highest BCUT2D eigenvalue weighted by atomic mass is 14.9. The van der Waals surface area contributed by atoms with Crippen LogP contribution >= 0.6 is 0 Å². The largest absolute Gasteiger partial charge is 0.311 e. The molecule has 0 amide bonds. The minimum absolute atomic E-state index is 0.341. The lowest BCUT2D eigenvalue weighted by atomic mass is 9.79. The van der Waals surface area contributed by atoms with E-state index in [9.17, 15) is 0 Å². The third-order valence-corrected chi connectivity index (χ3v) is 3.61. The topological polar surface area (TPSA) is 37.8 Å². The third-order valence-electron chi connectivity index (χ3n) is 3.61. The van der Waals surface area contributed by atoms with Crippen molar-refractivity contribution in [2.45, 2.75) is 38.6 Å². The fourth-order valence-corrected chi connectivity index (χ4v) is 2.78. The zero-order chi connectivity index (χ0) is 10.7. The van der Waals surface area contributed by atoms with E-state index in [0.717, 1.165) is 5.69 Å². The van der Waals surface area contributed by atoms with Gasteiger partial charge >= 0.3 is 0 Å². The first-order valence-corrected chi connectivity index (χ1v) is 5.69. The Kier molecular flexibility index (Phi) is 3.00. The van der Waals surface area contributed by atoms with Gasteiger partial charge in [0.05, 0.1) is 11.7 Å². The standard InChI is InChI=1S/C12H19N3/c1-12(5-3-4-6-12)11(13-2)10-9-14-7-8-15-10/h7-9,11,13H,3-6H2,1-2H3. The SMILES string of the molecule is CNC(c1cnccn1)C1(C)CCCC1. The summed E-state index contributed by atoms with van der Waals surface area (Å²) in [7, 11) is 2.02. The normalized spacial score (nSPS) is 21.5. The molecule has 0 aliphatic heterocycles. The summed E-state index contributed by atoms with van der Waals surface area (Å²) in [6, 6.07) is 0.341. The van der Waals surface area contributed by atoms with E-state index < -0.39 is 0 Å². The van der Waals surface area contributed by atoms with Crippen LogP contribution in [0.4, 0.5) is 0 Å². The van der Waals surface area contributed by atoms with Gasteiger partial charge in [-0.1, -0.05) is 19.8 Å². The Balaban J connectivity index is 2.24. The van der Waals surface area contributed by atoms with E-state index in [-0.39, 0.29) is 0 Å². The molecule has 1 unspecified atom stereocenters. The quantitative estimate of drug-likeness (QED) is 0.823. The molecule has 1 atom stereocenters. The summed E-state index contributed by atoms with van der Waals surface area (Å²) in [5.74, 6) is 0.